The van der Waals surface area contributed by atoms with E-state index in [1.54, 1.807) is 0 Å². The van der Waals surface area contributed by atoms with E-state index in [1.807, 2.05) is 21.1 Å². The average Bonchev–Trinajstić information content (AvgIpc) is 3.39. The van der Waals surface area contributed by atoms with E-state index in [1.165, 1.54) is 231 Å². The van der Waals surface area contributed by atoms with Crippen molar-refractivity contribution in [2.45, 2.75) is 328 Å². The van der Waals surface area contributed by atoms with Gasteiger partial charge in [0.25, 0.3) is 0 Å². The van der Waals surface area contributed by atoms with E-state index >= 15 is 0 Å². The number of hydrogen-bond acceptors (Lipinski definition) is 8. The first-order valence-corrected chi connectivity index (χ1v) is 32.6. The summed E-state index contributed by atoms with van der Waals surface area (Å²) in [5.41, 5.74) is 0. The number of esters is 2. The number of ether oxygens (including phenoxy) is 4. The van der Waals surface area contributed by atoms with Crippen molar-refractivity contribution >= 4 is 17.9 Å². The van der Waals surface area contributed by atoms with E-state index in [-0.39, 0.29) is 32.2 Å². The minimum absolute atomic E-state index is 0.148. The topological polar surface area (TPSA) is 111 Å². The molecule has 2 unspecified atom stereocenters. The van der Waals surface area contributed by atoms with Gasteiger partial charge in [0.1, 0.15) is 13.2 Å². The van der Waals surface area contributed by atoms with Crippen molar-refractivity contribution in [3.8, 4) is 0 Å². The van der Waals surface area contributed by atoms with Gasteiger partial charge in [0, 0.05) is 12.8 Å². The molecule has 0 aliphatic carbocycles. The Morgan fingerprint density at radius 3 is 1.05 bits per heavy atom. The van der Waals surface area contributed by atoms with E-state index in [2.05, 4.69) is 50.3 Å². The summed E-state index contributed by atoms with van der Waals surface area (Å²) in [6.45, 7) is 4.79. The van der Waals surface area contributed by atoms with Gasteiger partial charge >= 0.3 is 11.9 Å². The minimum Gasteiger partial charge on any atom is -0.545 e. The van der Waals surface area contributed by atoms with Gasteiger partial charge in [-0.1, -0.05) is 288 Å². The van der Waals surface area contributed by atoms with Gasteiger partial charge < -0.3 is 33.3 Å². The molecule has 0 aliphatic heterocycles. The fraction of sp³-hybridized carbons (Fsp3) is 0.866. The SMILES string of the molecule is CCCCCCC/C=C\C/C=C\C/C=C\CCCCCCCCCCCCC(=O)OC(COC(=O)CCCCCCCCCCCCCCCCCCCCCCCCCCCC)COC(OCC[N+](C)(C)C)C(=O)[O-]. The largest absolute Gasteiger partial charge is 0.545 e. The molecule has 0 aliphatic rings. The lowest BCUT2D eigenvalue weighted by molar-refractivity contribution is -0.870. The second-order valence-electron chi connectivity index (χ2n) is 23.4. The molecule has 0 aromatic carbocycles. The van der Waals surface area contributed by atoms with Crippen LogP contribution in [0.3, 0.4) is 0 Å². The monoisotopic (exact) mass is 1070 g/mol. The van der Waals surface area contributed by atoms with Gasteiger partial charge in [0.05, 0.1) is 40.3 Å². The maximum Gasteiger partial charge on any atom is 0.306 e. The lowest BCUT2D eigenvalue weighted by atomic mass is 10.0. The second kappa shape index (κ2) is 58.7. The molecule has 9 nitrogen and oxygen atoms in total. The van der Waals surface area contributed by atoms with Crippen molar-refractivity contribution in [3.63, 3.8) is 0 Å². The summed E-state index contributed by atoms with van der Waals surface area (Å²) in [6, 6.07) is 0. The molecular formula is C67H125NO8. The predicted molar refractivity (Wildman–Crippen MR) is 320 cm³/mol. The van der Waals surface area contributed by atoms with E-state index in [9.17, 15) is 19.5 Å². The average molecular weight is 1070 g/mol. The van der Waals surface area contributed by atoms with Crippen LogP contribution in [0.2, 0.25) is 0 Å². The number of hydrogen-bond donors (Lipinski definition) is 0. The highest BCUT2D eigenvalue weighted by molar-refractivity contribution is 5.70. The first kappa shape index (κ1) is 73.5. The Morgan fingerprint density at radius 1 is 0.395 bits per heavy atom. The van der Waals surface area contributed by atoms with Gasteiger partial charge in [-0.05, 0) is 51.4 Å². The zero-order valence-electron chi connectivity index (χ0n) is 50.9. The van der Waals surface area contributed by atoms with Crippen LogP contribution in [0, 0.1) is 0 Å². The molecule has 76 heavy (non-hydrogen) atoms. The Bertz CT molecular complexity index is 1340. The highest BCUT2D eigenvalue weighted by Gasteiger charge is 2.22. The summed E-state index contributed by atoms with van der Waals surface area (Å²) < 4.78 is 22.8. The summed E-state index contributed by atoms with van der Waals surface area (Å²) >= 11 is 0. The van der Waals surface area contributed by atoms with E-state index < -0.39 is 24.3 Å². The van der Waals surface area contributed by atoms with Crippen molar-refractivity contribution in [1.29, 1.82) is 0 Å². The number of carboxylic acids is 1. The third kappa shape index (κ3) is 59.2. The van der Waals surface area contributed by atoms with Crippen molar-refractivity contribution in [1.82, 2.24) is 0 Å². The molecule has 446 valence electrons. The van der Waals surface area contributed by atoms with E-state index in [4.69, 9.17) is 18.9 Å². The van der Waals surface area contributed by atoms with Gasteiger partial charge in [-0.25, -0.2) is 0 Å². The quantitative estimate of drug-likeness (QED) is 0.0195. The van der Waals surface area contributed by atoms with Crippen molar-refractivity contribution in [3.05, 3.63) is 36.5 Å². The number of aliphatic carboxylic acids is 1. The lowest BCUT2D eigenvalue weighted by Crippen LogP contribution is -2.44. The number of carbonyl (C=O) groups is 3. The summed E-state index contributed by atoms with van der Waals surface area (Å²) in [5, 5.41) is 11.8. The van der Waals surface area contributed by atoms with Gasteiger partial charge in [-0.2, -0.15) is 0 Å². The highest BCUT2D eigenvalue weighted by Crippen LogP contribution is 2.18. The van der Waals surface area contributed by atoms with Gasteiger partial charge in [-0.15, -0.1) is 0 Å². The molecule has 0 aromatic rings. The van der Waals surface area contributed by atoms with Crippen LogP contribution >= 0.6 is 0 Å². The molecule has 0 fully saturated rings. The number of nitrogens with zero attached hydrogens (tertiary/aromatic N) is 1. The summed E-state index contributed by atoms with van der Waals surface area (Å²) in [6.07, 6.45) is 69.2. The molecule has 0 heterocycles. The molecule has 2 atom stereocenters. The normalized spacial score (nSPS) is 12.9. The van der Waals surface area contributed by atoms with Crippen LogP contribution < -0.4 is 5.11 Å². The van der Waals surface area contributed by atoms with Crippen LogP contribution in [0.25, 0.3) is 0 Å². The Morgan fingerprint density at radius 2 is 0.711 bits per heavy atom. The zero-order valence-corrected chi connectivity index (χ0v) is 50.9. The Kier molecular flexibility index (Phi) is 56.7. The molecule has 0 bridgehead atoms. The van der Waals surface area contributed by atoms with E-state index in [0.29, 0.717) is 23.9 Å². The fourth-order valence-electron chi connectivity index (χ4n) is 9.61. The number of carbonyl (C=O) groups excluding carboxylic acids is 3. The molecule has 0 radical (unpaired) electrons. The first-order chi connectivity index (χ1) is 37.1. The van der Waals surface area contributed by atoms with E-state index in [0.717, 1.165) is 51.4 Å². The number of likely N-dealkylation sites (N-methyl/N-ethyl adjacent to an activating group) is 1. The number of carboxylic acid groups (broad SMARTS) is 1. The summed E-state index contributed by atoms with van der Waals surface area (Å²) in [7, 11) is 5.93. The van der Waals surface area contributed by atoms with Crippen LogP contribution in [0.15, 0.2) is 36.5 Å². The first-order valence-electron chi connectivity index (χ1n) is 32.6. The van der Waals surface area contributed by atoms with Crippen LogP contribution in [0.4, 0.5) is 0 Å². The van der Waals surface area contributed by atoms with Gasteiger partial charge in [0.2, 0.25) is 0 Å². The molecule has 0 aromatic heterocycles. The molecule has 0 spiro atoms. The Balaban J connectivity index is 4.15. The Hall–Kier alpha value is -2.49. The lowest BCUT2D eigenvalue weighted by Gasteiger charge is -2.26. The molecule has 0 amide bonds. The summed E-state index contributed by atoms with van der Waals surface area (Å²) in [5.74, 6) is -2.27. The third-order valence-corrected chi connectivity index (χ3v) is 14.6. The summed E-state index contributed by atoms with van der Waals surface area (Å²) in [4.78, 5) is 37.4. The molecule has 0 rings (SSSR count). The zero-order chi connectivity index (χ0) is 55.5. The number of rotatable bonds is 61. The molecule has 9 heteroatoms. The highest BCUT2D eigenvalue weighted by atomic mass is 16.7. The van der Waals surface area contributed by atoms with Crippen molar-refractivity contribution in [2.75, 3.05) is 47.5 Å². The maximum absolute atomic E-state index is 12.9. The van der Waals surface area contributed by atoms with Crippen LogP contribution in [0.5, 0.6) is 0 Å². The number of allylic oxidation sites excluding steroid dienone is 6. The van der Waals surface area contributed by atoms with Crippen LogP contribution in [0.1, 0.15) is 316 Å². The van der Waals surface area contributed by atoms with Gasteiger partial charge in [-0.3, -0.25) is 9.59 Å². The molecule has 0 saturated heterocycles. The van der Waals surface area contributed by atoms with Crippen LogP contribution in [-0.2, 0) is 33.3 Å². The number of unbranched alkanes of at least 4 members (excludes halogenated alkanes) is 40. The molecular weight excluding hydrogens is 947 g/mol. The van der Waals surface area contributed by atoms with Crippen molar-refractivity contribution in [2.24, 2.45) is 0 Å². The van der Waals surface area contributed by atoms with Crippen molar-refractivity contribution < 1.29 is 42.9 Å². The standard InChI is InChI=1S/C67H125NO8/c1-6-8-10-12-14-16-18-20-22-24-26-28-30-32-34-35-37-39-41-43-45-47-49-51-53-55-57-64(69)74-61-63(62-75-67(66(71)72)73-60-59-68(3,4)5)76-65(70)58-56-54-52-50-48-46-44-42-40-38-36-33-31-29-27-25-23-21-19-17-15-13-11-9-7-2/h19,21,25,27,31,33,63,67H,6-18,20,22-24,26,28-30,32,34-62H2,1-5H3/b21-19-,27-25-,33-31-. The van der Waals surface area contributed by atoms with Crippen LogP contribution in [-0.4, -0.2) is 82.3 Å². The minimum atomic E-state index is -1.62. The van der Waals surface area contributed by atoms with Gasteiger partial charge in [0.15, 0.2) is 12.4 Å². The number of quaternary nitrogens is 1. The maximum atomic E-state index is 12.9. The fourth-order valence-corrected chi connectivity index (χ4v) is 9.61. The predicted octanol–water partition coefficient (Wildman–Crippen LogP) is 18.3. The molecule has 0 N–H and O–H groups in total. The third-order valence-electron chi connectivity index (χ3n) is 14.6. The molecule has 0 saturated carbocycles. The second-order valence-corrected chi connectivity index (χ2v) is 23.4. The Labute approximate surface area is 470 Å². The smallest absolute Gasteiger partial charge is 0.306 e.